The van der Waals surface area contributed by atoms with Crippen LogP contribution in [0.15, 0.2) is 47.9 Å². The Hall–Kier alpha value is -2.70. The number of nitrogens with one attached hydrogen (secondary N) is 2. The topological polar surface area (TPSA) is 117 Å². The highest BCUT2D eigenvalue weighted by molar-refractivity contribution is 7.89. The number of sulfonamides is 1. The Balaban J connectivity index is 1.84. The number of carbonyl (C=O) groups is 1. The molecule has 0 fully saturated rings. The first-order valence-electron chi connectivity index (χ1n) is 7.73. The second kappa shape index (κ2) is 8.96. The maximum absolute atomic E-state index is 12.0. The number of nitriles is 1. The summed E-state index contributed by atoms with van der Waals surface area (Å²) in [7, 11) is -3.66. The lowest BCUT2D eigenvalue weighted by atomic mass is 10.2. The van der Waals surface area contributed by atoms with Crippen molar-refractivity contribution in [1.82, 2.24) is 19.6 Å². The Morgan fingerprint density at radius 1 is 1.24 bits per heavy atom. The summed E-state index contributed by atoms with van der Waals surface area (Å²) >= 11 is 0. The molecular weight excluding hydrogens is 342 g/mol. The number of benzene rings is 1. The van der Waals surface area contributed by atoms with E-state index in [1.165, 1.54) is 24.3 Å². The lowest BCUT2D eigenvalue weighted by Crippen LogP contribution is -2.26. The number of hydrogen-bond acceptors (Lipinski definition) is 5. The number of aromatic nitrogens is 2. The third-order valence-corrected chi connectivity index (χ3v) is 4.87. The van der Waals surface area contributed by atoms with E-state index in [1.54, 1.807) is 12.5 Å². The number of aryl methyl sites for hydroxylation is 1. The number of imidazole rings is 1. The minimum atomic E-state index is -3.66. The van der Waals surface area contributed by atoms with Gasteiger partial charge in [0.2, 0.25) is 10.0 Å². The molecule has 0 spiro atoms. The SMILES string of the molecule is N#CCCNS(=O)(=O)c1ccc(C(=O)NCCCn2ccnc2)cc1. The standard InChI is InChI=1S/C16H19N5O3S/c17-7-1-9-20-25(23,24)15-5-3-14(4-6-15)16(22)19-8-2-11-21-12-10-18-13-21/h3-6,10,12-13,20H,1-2,8-9,11H2,(H,19,22). The van der Waals surface area contributed by atoms with Gasteiger partial charge >= 0.3 is 0 Å². The smallest absolute Gasteiger partial charge is 0.251 e. The molecule has 0 saturated carbocycles. The molecule has 0 unspecified atom stereocenters. The van der Waals surface area contributed by atoms with Gasteiger partial charge in [-0.05, 0) is 30.7 Å². The molecule has 2 aromatic rings. The third kappa shape index (κ3) is 5.70. The van der Waals surface area contributed by atoms with E-state index in [4.69, 9.17) is 5.26 Å². The maximum atomic E-state index is 12.0. The largest absolute Gasteiger partial charge is 0.352 e. The van der Waals surface area contributed by atoms with Crippen LogP contribution in [0.5, 0.6) is 0 Å². The summed E-state index contributed by atoms with van der Waals surface area (Å²) in [6.07, 6.45) is 6.12. The van der Waals surface area contributed by atoms with Crippen LogP contribution in [-0.2, 0) is 16.6 Å². The van der Waals surface area contributed by atoms with Gasteiger partial charge in [-0.3, -0.25) is 4.79 Å². The molecule has 0 radical (unpaired) electrons. The Kier molecular flexibility index (Phi) is 6.68. The van der Waals surface area contributed by atoms with Crippen molar-refractivity contribution in [2.75, 3.05) is 13.1 Å². The molecule has 0 aliphatic carbocycles. The second-order valence-electron chi connectivity index (χ2n) is 5.24. The Labute approximate surface area is 146 Å². The van der Waals surface area contributed by atoms with E-state index in [1.807, 2.05) is 16.8 Å². The van der Waals surface area contributed by atoms with E-state index in [0.717, 1.165) is 13.0 Å². The minimum absolute atomic E-state index is 0.0536. The highest BCUT2D eigenvalue weighted by atomic mass is 32.2. The summed E-state index contributed by atoms with van der Waals surface area (Å²) in [5.41, 5.74) is 0.388. The normalized spacial score (nSPS) is 11.0. The first-order chi connectivity index (χ1) is 12.0. The fourth-order valence-corrected chi connectivity index (χ4v) is 3.13. The first kappa shape index (κ1) is 18.6. The van der Waals surface area contributed by atoms with Gasteiger partial charge in [-0.15, -0.1) is 0 Å². The zero-order chi connectivity index (χ0) is 18.1. The number of amides is 1. The van der Waals surface area contributed by atoms with E-state index in [9.17, 15) is 13.2 Å². The highest BCUT2D eigenvalue weighted by Crippen LogP contribution is 2.10. The van der Waals surface area contributed by atoms with Gasteiger partial charge in [0.05, 0.1) is 17.3 Å². The summed E-state index contributed by atoms with van der Waals surface area (Å²) in [5, 5.41) is 11.2. The number of rotatable bonds is 9. The number of carbonyl (C=O) groups excluding carboxylic acids is 1. The summed E-state index contributed by atoms with van der Waals surface area (Å²) in [4.78, 5) is 16.0. The fourth-order valence-electron chi connectivity index (χ4n) is 2.09. The molecule has 25 heavy (non-hydrogen) atoms. The zero-order valence-electron chi connectivity index (χ0n) is 13.6. The van der Waals surface area contributed by atoms with E-state index >= 15 is 0 Å². The van der Waals surface area contributed by atoms with E-state index in [-0.39, 0.29) is 23.8 Å². The summed E-state index contributed by atoms with van der Waals surface area (Å²) in [5.74, 6) is -0.257. The molecule has 1 aromatic carbocycles. The predicted molar refractivity (Wildman–Crippen MR) is 91.0 cm³/mol. The number of nitrogens with zero attached hydrogens (tertiary/aromatic N) is 3. The minimum Gasteiger partial charge on any atom is -0.352 e. The van der Waals surface area contributed by atoms with Crippen LogP contribution < -0.4 is 10.0 Å². The van der Waals surface area contributed by atoms with Crippen LogP contribution in [0, 0.1) is 11.3 Å². The molecule has 8 nitrogen and oxygen atoms in total. The molecule has 1 aromatic heterocycles. The van der Waals surface area contributed by atoms with Gasteiger partial charge in [-0.25, -0.2) is 18.1 Å². The van der Waals surface area contributed by atoms with Crippen molar-refractivity contribution in [2.24, 2.45) is 0 Å². The number of hydrogen-bond donors (Lipinski definition) is 2. The molecule has 2 N–H and O–H groups in total. The van der Waals surface area contributed by atoms with Crippen molar-refractivity contribution in [1.29, 1.82) is 5.26 Å². The van der Waals surface area contributed by atoms with Gasteiger partial charge in [-0.2, -0.15) is 5.26 Å². The van der Waals surface area contributed by atoms with E-state index in [2.05, 4.69) is 15.0 Å². The molecule has 0 aliphatic heterocycles. The van der Waals surface area contributed by atoms with Crippen molar-refractivity contribution in [3.63, 3.8) is 0 Å². The Morgan fingerprint density at radius 3 is 2.64 bits per heavy atom. The summed E-state index contributed by atoms with van der Waals surface area (Å²) in [6.45, 7) is 1.32. The molecule has 1 amide bonds. The molecular formula is C16H19N5O3S. The Bertz CT molecular complexity index is 824. The second-order valence-corrected chi connectivity index (χ2v) is 7.01. The maximum Gasteiger partial charge on any atom is 0.251 e. The van der Waals surface area contributed by atoms with Crippen LogP contribution in [0.3, 0.4) is 0 Å². The van der Waals surface area contributed by atoms with Crippen LogP contribution in [0.2, 0.25) is 0 Å². The lowest BCUT2D eigenvalue weighted by Gasteiger charge is -2.08. The van der Waals surface area contributed by atoms with Gasteiger partial charge in [-0.1, -0.05) is 0 Å². The van der Waals surface area contributed by atoms with Crippen molar-refractivity contribution in [3.8, 4) is 6.07 Å². The van der Waals surface area contributed by atoms with Crippen molar-refractivity contribution >= 4 is 15.9 Å². The average Bonchev–Trinajstić information content (AvgIpc) is 3.12. The van der Waals surface area contributed by atoms with Crippen molar-refractivity contribution in [2.45, 2.75) is 24.3 Å². The molecule has 0 bridgehead atoms. The van der Waals surface area contributed by atoms with Crippen LogP contribution in [-0.4, -0.2) is 37.0 Å². The third-order valence-electron chi connectivity index (χ3n) is 3.39. The fraction of sp³-hybridized carbons (Fsp3) is 0.312. The lowest BCUT2D eigenvalue weighted by molar-refractivity contribution is 0.0952. The van der Waals surface area contributed by atoms with Gasteiger partial charge in [0.1, 0.15) is 0 Å². The first-order valence-corrected chi connectivity index (χ1v) is 9.22. The zero-order valence-corrected chi connectivity index (χ0v) is 14.4. The summed E-state index contributed by atoms with van der Waals surface area (Å²) < 4.78 is 28.2. The van der Waals surface area contributed by atoms with Crippen molar-refractivity contribution < 1.29 is 13.2 Å². The Morgan fingerprint density at radius 2 is 2.00 bits per heavy atom. The van der Waals surface area contributed by atoms with E-state index in [0.29, 0.717) is 12.1 Å². The van der Waals surface area contributed by atoms with Crippen LogP contribution >= 0.6 is 0 Å². The van der Waals surface area contributed by atoms with Crippen LogP contribution in [0.4, 0.5) is 0 Å². The molecule has 132 valence electrons. The molecule has 9 heteroatoms. The molecule has 0 aliphatic rings. The average molecular weight is 361 g/mol. The van der Waals surface area contributed by atoms with Gasteiger partial charge in [0.25, 0.3) is 5.91 Å². The molecule has 0 saturated heterocycles. The van der Waals surface area contributed by atoms with Gasteiger partial charge < -0.3 is 9.88 Å². The van der Waals surface area contributed by atoms with E-state index < -0.39 is 10.0 Å². The predicted octanol–water partition coefficient (Wildman–Crippen LogP) is 0.895. The van der Waals surface area contributed by atoms with Gasteiger partial charge in [0, 0.05) is 44.0 Å². The summed E-state index contributed by atoms with van der Waals surface area (Å²) in [6, 6.07) is 7.53. The molecule has 2 rings (SSSR count). The van der Waals surface area contributed by atoms with Crippen molar-refractivity contribution in [3.05, 3.63) is 48.5 Å². The van der Waals surface area contributed by atoms with Gasteiger partial charge in [0.15, 0.2) is 0 Å². The molecule has 1 heterocycles. The molecule has 0 atom stereocenters. The quantitative estimate of drug-likeness (QED) is 0.644. The highest BCUT2D eigenvalue weighted by Gasteiger charge is 2.14. The van der Waals surface area contributed by atoms with Crippen LogP contribution in [0.25, 0.3) is 0 Å². The van der Waals surface area contributed by atoms with Crippen LogP contribution in [0.1, 0.15) is 23.2 Å². The monoisotopic (exact) mass is 361 g/mol.